The van der Waals surface area contributed by atoms with E-state index in [-0.39, 0.29) is 0 Å². The van der Waals surface area contributed by atoms with Crippen molar-refractivity contribution in [2.75, 3.05) is 0 Å². The lowest BCUT2D eigenvalue weighted by Gasteiger charge is -2.07. The lowest BCUT2D eigenvalue weighted by Crippen LogP contribution is -2.02. The molecule has 1 atom stereocenters. The Hall–Kier alpha value is -0.530. The summed E-state index contributed by atoms with van der Waals surface area (Å²) >= 11 is 0. The number of amides is 1. The van der Waals surface area contributed by atoms with Crippen molar-refractivity contribution in [2.24, 2.45) is 5.92 Å². The summed E-state index contributed by atoms with van der Waals surface area (Å²) in [6.45, 7) is 4.32. The summed E-state index contributed by atoms with van der Waals surface area (Å²) in [4.78, 5) is 10.3. The third kappa shape index (κ3) is 7.37. The fourth-order valence-electron chi connectivity index (χ4n) is 1.07. The zero-order valence-corrected chi connectivity index (χ0v) is 7.52. The Morgan fingerprint density at radius 3 is 2.55 bits per heavy atom. The van der Waals surface area contributed by atoms with Gasteiger partial charge in [0.05, 0.1) is 0 Å². The summed E-state index contributed by atoms with van der Waals surface area (Å²) in [6.07, 6.45) is 4.99. The molecule has 0 aliphatic carbocycles. The highest BCUT2D eigenvalue weighted by atomic mass is 16.1. The molecule has 0 spiro atoms. The van der Waals surface area contributed by atoms with Crippen molar-refractivity contribution < 1.29 is 4.79 Å². The van der Waals surface area contributed by atoms with Gasteiger partial charge in [0.15, 0.2) is 0 Å². The normalized spacial score (nSPS) is 12.9. The largest absolute Gasteiger partial charge is 0.273 e. The Balaban J connectivity index is 3.22. The molecule has 0 heterocycles. The summed E-state index contributed by atoms with van der Waals surface area (Å²) in [7, 11) is 0. The highest BCUT2D eigenvalue weighted by Crippen LogP contribution is 2.13. The van der Waals surface area contributed by atoms with Gasteiger partial charge in [0.1, 0.15) is 0 Å². The monoisotopic (exact) mass is 156 g/mol. The molecule has 1 radical (unpaired) electrons. The number of rotatable bonds is 6. The van der Waals surface area contributed by atoms with Gasteiger partial charge in [-0.3, -0.25) is 10.5 Å². The summed E-state index contributed by atoms with van der Waals surface area (Å²) in [5.74, 6) is 0.192. The average Bonchev–Trinajstić information content (AvgIpc) is 1.97. The quantitative estimate of drug-likeness (QED) is 0.582. The Bertz CT molecular complexity index is 112. The van der Waals surface area contributed by atoms with Gasteiger partial charge in [0, 0.05) is 6.42 Å². The summed E-state index contributed by atoms with van der Waals surface area (Å²) in [5, 5.41) is 0. The van der Waals surface area contributed by atoms with Gasteiger partial charge in [-0.1, -0.05) is 33.1 Å². The van der Waals surface area contributed by atoms with E-state index in [2.05, 4.69) is 13.8 Å². The lowest BCUT2D eigenvalue weighted by atomic mass is 9.99. The smallest absolute Gasteiger partial charge is 0.238 e. The van der Waals surface area contributed by atoms with Gasteiger partial charge in [0.25, 0.3) is 0 Å². The van der Waals surface area contributed by atoms with Crippen molar-refractivity contribution >= 4 is 5.91 Å². The minimum Gasteiger partial charge on any atom is -0.273 e. The maximum absolute atomic E-state index is 10.3. The van der Waals surface area contributed by atoms with E-state index in [9.17, 15) is 4.79 Å². The van der Waals surface area contributed by atoms with Crippen LogP contribution >= 0.6 is 0 Å². The molecule has 2 nitrogen and oxygen atoms in total. The third-order valence-corrected chi connectivity index (χ3v) is 1.91. The Morgan fingerprint density at radius 1 is 1.45 bits per heavy atom. The Kier molecular flexibility index (Phi) is 5.90. The molecule has 2 heteroatoms. The molecule has 0 rings (SSSR count). The first-order valence-electron chi connectivity index (χ1n) is 4.41. The van der Waals surface area contributed by atoms with Crippen LogP contribution < -0.4 is 5.73 Å². The molecule has 65 valence electrons. The van der Waals surface area contributed by atoms with Crippen LogP contribution in [0, 0.1) is 5.92 Å². The van der Waals surface area contributed by atoms with E-state index < -0.39 is 5.91 Å². The molecule has 0 aromatic heterocycles. The second-order valence-electron chi connectivity index (χ2n) is 3.21. The number of hydrogen-bond acceptors (Lipinski definition) is 1. The van der Waals surface area contributed by atoms with Crippen molar-refractivity contribution in [3.05, 3.63) is 0 Å². The van der Waals surface area contributed by atoms with E-state index >= 15 is 0 Å². The van der Waals surface area contributed by atoms with Crippen LogP contribution in [0.1, 0.15) is 46.0 Å². The van der Waals surface area contributed by atoms with Crippen LogP contribution in [-0.2, 0) is 4.79 Å². The summed E-state index contributed by atoms with van der Waals surface area (Å²) < 4.78 is 0. The number of carbonyl (C=O) groups excluding carboxylic acids is 1. The van der Waals surface area contributed by atoms with Crippen LogP contribution in [0.4, 0.5) is 0 Å². The second-order valence-corrected chi connectivity index (χ2v) is 3.21. The molecule has 1 N–H and O–H groups in total. The Morgan fingerprint density at radius 2 is 2.09 bits per heavy atom. The second kappa shape index (κ2) is 6.20. The van der Waals surface area contributed by atoms with Gasteiger partial charge in [-0.25, -0.2) is 0 Å². The van der Waals surface area contributed by atoms with Crippen molar-refractivity contribution in [3.8, 4) is 0 Å². The van der Waals surface area contributed by atoms with Crippen LogP contribution in [0.15, 0.2) is 0 Å². The number of nitrogens with one attached hydrogen (secondary N) is 1. The summed E-state index contributed by atoms with van der Waals surface area (Å²) in [6, 6.07) is 0. The van der Waals surface area contributed by atoms with Gasteiger partial charge < -0.3 is 0 Å². The SMILES string of the molecule is CCCCC(C)CCC([NH])=O. The van der Waals surface area contributed by atoms with Gasteiger partial charge in [-0.05, 0) is 12.3 Å². The zero-order valence-electron chi connectivity index (χ0n) is 7.52. The number of unbranched alkanes of at least 4 members (excludes halogenated alkanes) is 1. The van der Waals surface area contributed by atoms with Gasteiger partial charge >= 0.3 is 0 Å². The van der Waals surface area contributed by atoms with Crippen molar-refractivity contribution in [1.82, 2.24) is 5.73 Å². The van der Waals surface area contributed by atoms with Crippen LogP contribution in [0.3, 0.4) is 0 Å². The van der Waals surface area contributed by atoms with E-state index in [0.29, 0.717) is 12.3 Å². The maximum atomic E-state index is 10.3. The molecule has 0 saturated heterocycles. The highest BCUT2D eigenvalue weighted by Gasteiger charge is 2.03. The molecule has 11 heavy (non-hydrogen) atoms. The molecule has 0 aliphatic rings. The lowest BCUT2D eigenvalue weighted by molar-refractivity contribution is -0.118. The molecule has 0 saturated carbocycles. The molecule has 0 aromatic carbocycles. The summed E-state index contributed by atoms with van der Waals surface area (Å²) in [5.41, 5.74) is 6.71. The van der Waals surface area contributed by atoms with Crippen LogP contribution in [-0.4, -0.2) is 5.91 Å². The van der Waals surface area contributed by atoms with E-state index in [4.69, 9.17) is 5.73 Å². The molecule has 1 unspecified atom stereocenters. The fourth-order valence-corrected chi connectivity index (χ4v) is 1.07. The first kappa shape index (κ1) is 10.5. The molecule has 0 aromatic rings. The van der Waals surface area contributed by atoms with Crippen molar-refractivity contribution in [1.29, 1.82) is 0 Å². The molecular weight excluding hydrogens is 138 g/mol. The number of carbonyl (C=O) groups is 1. The molecule has 0 fully saturated rings. The van der Waals surface area contributed by atoms with Crippen LogP contribution in [0.25, 0.3) is 0 Å². The average molecular weight is 156 g/mol. The first-order valence-corrected chi connectivity index (χ1v) is 4.41. The van der Waals surface area contributed by atoms with Gasteiger partial charge in [0.2, 0.25) is 5.91 Å². The topological polar surface area (TPSA) is 40.9 Å². The van der Waals surface area contributed by atoms with Gasteiger partial charge in [-0.2, -0.15) is 0 Å². The van der Waals surface area contributed by atoms with E-state index in [1.54, 1.807) is 0 Å². The van der Waals surface area contributed by atoms with Crippen molar-refractivity contribution in [2.45, 2.75) is 46.0 Å². The predicted molar refractivity (Wildman–Crippen MR) is 46.0 cm³/mol. The minimum absolute atomic E-state index is 0.423. The van der Waals surface area contributed by atoms with Crippen molar-refractivity contribution in [3.63, 3.8) is 0 Å². The predicted octanol–water partition coefficient (Wildman–Crippen LogP) is 2.40. The van der Waals surface area contributed by atoms with E-state index in [0.717, 1.165) is 6.42 Å². The van der Waals surface area contributed by atoms with Gasteiger partial charge in [-0.15, -0.1) is 0 Å². The molecular formula is C9H18NO. The minimum atomic E-state index is -0.423. The third-order valence-electron chi connectivity index (χ3n) is 1.91. The number of hydrogen-bond donors (Lipinski definition) is 0. The van der Waals surface area contributed by atoms with Crippen LogP contribution in [0.5, 0.6) is 0 Å². The van der Waals surface area contributed by atoms with E-state index in [1.807, 2.05) is 0 Å². The molecule has 0 aliphatic heterocycles. The highest BCUT2D eigenvalue weighted by molar-refractivity contribution is 5.72. The molecule has 1 amide bonds. The maximum Gasteiger partial charge on any atom is 0.238 e. The first-order chi connectivity index (χ1) is 5.16. The standard InChI is InChI=1S/C9H18NO/c1-3-4-5-8(2)6-7-9(10)11/h8,10H,3-7H2,1-2H3. The fraction of sp³-hybridized carbons (Fsp3) is 0.889. The Labute approximate surface area is 69.2 Å². The van der Waals surface area contributed by atoms with E-state index in [1.165, 1.54) is 19.3 Å². The van der Waals surface area contributed by atoms with Crippen LogP contribution in [0.2, 0.25) is 0 Å². The zero-order chi connectivity index (χ0) is 8.69. The molecule has 0 bridgehead atoms.